The van der Waals surface area contributed by atoms with Gasteiger partial charge in [0.05, 0.1) is 24.2 Å². The Balaban J connectivity index is 1.73. The molecule has 0 radical (unpaired) electrons. The van der Waals surface area contributed by atoms with E-state index in [1.165, 1.54) is 6.92 Å². The van der Waals surface area contributed by atoms with Crippen LogP contribution >= 0.6 is 0 Å². The van der Waals surface area contributed by atoms with Gasteiger partial charge < -0.3 is 19.3 Å². The van der Waals surface area contributed by atoms with Crippen LogP contribution in [0.5, 0.6) is 0 Å². The predicted octanol–water partition coefficient (Wildman–Crippen LogP) is 0.742. The third kappa shape index (κ3) is 2.01. The first-order chi connectivity index (χ1) is 10.8. The number of hydrogen-bond acceptors (Lipinski definition) is 6. The molecule has 7 unspecified atom stereocenters. The van der Waals surface area contributed by atoms with Gasteiger partial charge in [-0.1, -0.05) is 13.2 Å². The Labute approximate surface area is 134 Å². The highest BCUT2D eigenvalue weighted by Gasteiger charge is 2.66. The molecule has 2 aliphatic carbocycles. The third-order valence-corrected chi connectivity index (χ3v) is 5.83. The number of ether oxygens (including phenoxy) is 3. The second kappa shape index (κ2) is 4.68. The van der Waals surface area contributed by atoms with Crippen LogP contribution in [0.15, 0.2) is 24.3 Å². The van der Waals surface area contributed by atoms with E-state index < -0.39 is 35.8 Å². The lowest BCUT2D eigenvalue weighted by Gasteiger charge is -2.27. The van der Waals surface area contributed by atoms with E-state index in [0.717, 1.165) is 5.57 Å². The second-order valence-electron chi connectivity index (χ2n) is 7.09. The first-order valence-corrected chi connectivity index (χ1v) is 7.92. The van der Waals surface area contributed by atoms with Crippen molar-refractivity contribution in [2.45, 2.75) is 43.7 Å². The summed E-state index contributed by atoms with van der Waals surface area (Å²) in [5, 5.41) is 10.6. The summed E-state index contributed by atoms with van der Waals surface area (Å²) in [4.78, 5) is 23.3. The molecule has 2 saturated carbocycles. The number of carbonyl (C=O) groups excluding carboxylic acids is 2. The van der Waals surface area contributed by atoms with Crippen LogP contribution in [0.2, 0.25) is 0 Å². The molecule has 0 amide bonds. The largest absolute Gasteiger partial charge is 0.458 e. The summed E-state index contributed by atoms with van der Waals surface area (Å²) >= 11 is 0. The van der Waals surface area contributed by atoms with Crippen LogP contribution in [-0.2, 0) is 23.8 Å². The minimum Gasteiger partial charge on any atom is -0.458 e. The lowest BCUT2D eigenvalue weighted by molar-refractivity contribution is -0.145. The molecular formula is C17H20O6. The number of hydrogen-bond donors (Lipinski definition) is 1. The van der Waals surface area contributed by atoms with Crippen LogP contribution in [-0.4, -0.2) is 47.6 Å². The SMILES string of the molecule is C=C1C(=O)OC2C1C(O)CC1(CO1)C1CC(OC(C)=O)C(=C)C21. The van der Waals surface area contributed by atoms with Gasteiger partial charge in [0.2, 0.25) is 0 Å². The van der Waals surface area contributed by atoms with Gasteiger partial charge >= 0.3 is 11.9 Å². The van der Waals surface area contributed by atoms with E-state index in [4.69, 9.17) is 14.2 Å². The van der Waals surface area contributed by atoms with E-state index in [9.17, 15) is 14.7 Å². The van der Waals surface area contributed by atoms with E-state index in [1.54, 1.807) is 0 Å². The van der Waals surface area contributed by atoms with Crippen LogP contribution in [0.4, 0.5) is 0 Å². The van der Waals surface area contributed by atoms with Crippen molar-refractivity contribution in [3.8, 4) is 0 Å². The fourth-order valence-electron chi connectivity index (χ4n) is 4.72. The molecule has 0 aromatic rings. The standard InChI is InChI=1S/C17H20O6/c1-7-12(22-9(3)18)4-10-13(7)15-14(8(2)16(20)23-15)11(19)5-17(10)6-21-17/h10-15,19H,1-2,4-6H2,3H3. The Hall–Kier alpha value is -1.66. The second-order valence-corrected chi connectivity index (χ2v) is 7.09. The molecule has 1 spiro atoms. The van der Waals surface area contributed by atoms with Crippen molar-refractivity contribution in [3.63, 3.8) is 0 Å². The zero-order chi connectivity index (χ0) is 16.5. The van der Waals surface area contributed by atoms with Gasteiger partial charge in [0.25, 0.3) is 0 Å². The highest BCUT2D eigenvalue weighted by molar-refractivity contribution is 5.91. The molecule has 1 N–H and O–H groups in total. The molecule has 4 rings (SSSR count). The van der Waals surface area contributed by atoms with Crippen molar-refractivity contribution in [2.24, 2.45) is 17.8 Å². The number of rotatable bonds is 1. The quantitative estimate of drug-likeness (QED) is 0.332. The zero-order valence-corrected chi connectivity index (χ0v) is 13.0. The smallest absolute Gasteiger partial charge is 0.334 e. The molecular weight excluding hydrogens is 300 g/mol. The minimum atomic E-state index is -0.730. The van der Waals surface area contributed by atoms with Gasteiger partial charge in [-0.25, -0.2) is 4.79 Å². The molecule has 2 saturated heterocycles. The van der Waals surface area contributed by atoms with Gasteiger partial charge in [-0.2, -0.15) is 0 Å². The van der Waals surface area contributed by atoms with E-state index in [1.807, 2.05) is 0 Å². The Morgan fingerprint density at radius 2 is 2.09 bits per heavy atom. The normalized spacial score (nSPS) is 47.8. The fraction of sp³-hybridized carbons (Fsp3) is 0.647. The summed E-state index contributed by atoms with van der Waals surface area (Å²) in [6.45, 7) is 9.83. The van der Waals surface area contributed by atoms with Gasteiger partial charge in [-0.3, -0.25) is 4.79 Å². The molecule has 2 aliphatic heterocycles. The molecule has 6 heteroatoms. The average molecular weight is 320 g/mol. The first kappa shape index (κ1) is 14.9. The average Bonchev–Trinajstić information content (AvgIpc) is 3.10. The Bertz CT molecular complexity index is 619. The molecule has 4 aliphatic rings. The Kier molecular flexibility index (Phi) is 3.03. The number of aliphatic hydroxyl groups is 1. The fourth-order valence-corrected chi connectivity index (χ4v) is 4.72. The summed E-state index contributed by atoms with van der Waals surface area (Å²) in [7, 11) is 0. The molecule has 7 atom stereocenters. The van der Waals surface area contributed by atoms with Crippen molar-refractivity contribution >= 4 is 11.9 Å². The Morgan fingerprint density at radius 1 is 1.39 bits per heavy atom. The van der Waals surface area contributed by atoms with Crippen LogP contribution in [0, 0.1) is 17.8 Å². The van der Waals surface area contributed by atoms with E-state index in [-0.39, 0.29) is 17.8 Å². The van der Waals surface area contributed by atoms with Crippen molar-refractivity contribution in [1.82, 2.24) is 0 Å². The monoisotopic (exact) mass is 320 g/mol. The molecule has 124 valence electrons. The molecule has 6 nitrogen and oxygen atoms in total. The number of fused-ring (bicyclic) bond motifs is 4. The number of aliphatic hydroxyl groups excluding tert-OH is 1. The predicted molar refractivity (Wildman–Crippen MR) is 78.1 cm³/mol. The lowest BCUT2D eigenvalue weighted by atomic mass is 9.79. The van der Waals surface area contributed by atoms with Crippen LogP contribution in [0.3, 0.4) is 0 Å². The minimum absolute atomic E-state index is 0.0164. The number of esters is 2. The maximum atomic E-state index is 12.0. The van der Waals surface area contributed by atoms with E-state index in [2.05, 4.69) is 13.2 Å². The topological polar surface area (TPSA) is 85.4 Å². The number of carbonyl (C=O) groups is 2. The van der Waals surface area contributed by atoms with Crippen molar-refractivity contribution in [3.05, 3.63) is 24.3 Å². The molecule has 0 aromatic heterocycles. The van der Waals surface area contributed by atoms with Crippen molar-refractivity contribution in [2.75, 3.05) is 6.61 Å². The molecule has 2 heterocycles. The summed E-state index contributed by atoms with van der Waals surface area (Å²) in [6, 6.07) is 0. The summed E-state index contributed by atoms with van der Waals surface area (Å²) in [5.74, 6) is -1.45. The summed E-state index contributed by atoms with van der Waals surface area (Å²) in [5.41, 5.74) is 0.619. The zero-order valence-electron chi connectivity index (χ0n) is 13.0. The van der Waals surface area contributed by atoms with E-state index in [0.29, 0.717) is 25.0 Å². The van der Waals surface area contributed by atoms with Crippen LogP contribution in [0.25, 0.3) is 0 Å². The van der Waals surface area contributed by atoms with E-state index >= 15 is 0 Å². The molecule has 0 bridgehead atoms. The van der Waals surface area contributed by atoms with Gasteiger partial charge in [0.15, 0.2) is 0 Å². The highest BCUT2D eigenvalue weighted by atomic mass is 16.6. The van der Waals surface area contributed by atoms with Gasteiger partial charge in [0.1, 0.15) is 12.2 Å². The summed E-state index contributed by atoms with van der Waals surface area (Å²) in [6.07, 6.45) is -0.612. The van der Waals surface area contributed by atoms with Gasteiger partial charge in [-0.05, 0) is 12.0 Å². The maximum Gasteiger partial charge on any atom is 0.334 e. The molecule has 23 heavy (non-hydrogen) atoms. The first-order valence-electron chi connectivity index (χ1n) is 7.92. The Morgan fingerprint density at radius 3 is 2.70 bits per heavy atom. The van der Waals surface area contributed by atoms with Gasteiger partial charge in [0, 0.05) is 30.8 Å². The summed E-state index contributed by atoms with van der Waals surface area (Å²) < 4.78 is 16.6. The van der Waals surface area contributed by atoms with Gasteiger partial charge in [-0.15, -0.1) is 0 Å². The maximum absolute atomic E-state index is 12.0. The van der Waals surface area contributed by atoms with Crippen LogP contribution in [0.1, 0.15) is 19.8 Å². The lowest BCUT2D eigenvalue weighted by Crippen LogP contribution is -2.34. The number of epoxide rings is 1. The molecule has 0 aromatic carbocycles. The van der Waals surface area contributed by atoms with Crippen molar-refractivity contribution < 1.29 is 28.9 Å². The van der Waals surface area contributed by atoms with Crippen LogP contribution < -0.4 is 0 Å². The van der Waals surface area contributed by atoms with Crippen molar-refractivity contribution in [1.29, 1.82) is 0 Å². The molecule has 4 fully saturated rings. The highest BCUT2D eigenvalue weighted by Crippen LogP contribution is 2.59. The third-order valence-electron chi connectivity index (χ3n) is 5.83.